The Morgan fingerprint density at radius 3 is 2.08 bits per heavy atom. The van der Waals surface area contributed by atoms with Crippen molar-refractivity contribution in [2.75, 3.05) is 19.6 Å². The lowest BCUT2D eigenvalue weighted by Gasteiger charge is -2.32. The van der Waals surface area contributed by atoms with Gasteiger partial charge in [0.2, 0.25) is 0 Å². The first-order chi connectivity index (χ1) is 18.2. The molecule has 1 fully saturated rings. The van der Waals surface area contributed by atoms with Crippen LogP contribution in [-0.4, -0.2) is 35.2 Å². The zero-order valence-electron chi connectivity index (χ0n) is 21.3. The fourth-order valence-corrected chi connectivity index (χ4v) is 5.56. The molecule has 3 nitrogen and oxygen atoms in total. The van der Waals surface area contributed by atoms with Gasteiger partial charge in [-0.1, -0.05) is 36.4 Å². The van der Waals surface area contributed by atoms with E-state index in [4.69, 9.17) is 0 Å². The molecular weight excluding hydrogens is 492 g/mol. The Balaban J connectivity index is 1.12. The molecule has 0 amide bonds. The average Bonchev–Trinajstić information content (AvgIpc) is 2.90. The SMILES string of the molecule is O=C(CC1CCN(Cc2ccc(C(F)(F)F)cc2)CC1)c1ccc2c(c1)CN(Cc1ccc(F)cc1)CC2. The Labute approximate surface area is 221 Å². The number of halogens is 4. The summed E-state index contributed by atoms with van der Waals surface area (Å²) in [5.41, 5.74) is 4.56. The van der Waals surface area contributed by atoms with Gasteiger partial charge in [-0.25, -0.2) is 4.39 Å². The van der Waals surface area contributed by atoms with E-state index in [0.717, 1.165) is 80.8 Å². The molecule has 7 heteroatoms. The number of piperidine rings is 1. The van der Waals surface area contributed by atoms with Crippen molar-refractivity contribution in [2.24, 2.45) is 5.92 Å². The summed E-state index contributed by atoms with van der Waals surface area (Å²) in [5, 5.41) is 0. The van der Waals surface area contributed by atoms with Gasteiger partial charge in [-0.3, -0.25) is 14.6 Å². The number of nitrogens with zero attached hydrogens (tertiary/aromatic N) is 2. The van der Waals surface area contributed by atoms with Crippen LogP contribution in [0.2, 0.25) is 0 Å². The number of likely N-dealkylation sites (tertiary alicyclic amines) is 1. The van der Waals surface area contributed by atoms with Gasteiger partial charge in [0.1, 0.15) is 5.82 Å². The molecule has 0 saturated carbocycles. The van der Waals surface area contributed by atoms with Crippen molar-refractivity contribution in [3.63, 3.8) is 0 Å². The van der Waals surface area contributed by atoms with Gasteiger partial charge in [0.25, 0.3) is 0 Å². The topological polar surface area (TPSA) is 23.6 Å². The number of fused-ring (bicyclic) bond motifs is 1. The van der Waals surface area contributed by atoms with Gasteiger partial charge >= 0.3 is 6.18 Å². The second-order valence-corrected chi connectivity index (χ2v) is 10.6. The molecule has 2 heterocycles. The molecule has 0 radical (unpaired) electrons. The zero-order valence-corrected chi connectivity index (χ0v) is 21.3. The summed E-state index contributed by atoms with van der Waals surface area (Å²) in [7, 11) is 0. The van der Waals surface area contributed by atoms with Gasteiger partial charge in [0, 0.05) is 38.2 Å². The fourth-order valence-electron chi connectivity index (χ4n) is 5.56. The number of hydrogen-bond donors (Lipinski definition) is 0. The third-order valence-electron chi connectivity index (χ3n) is 7.81. The van der Waals surface area contributed by atoms with Crippen LogP contribution in [0.25, 0.3) is 0 Å². The molecule has 2 aliphatic rings. The van der Waals surface area contributed by atoms with Crippen molar-refractivity contribution in [2.45, 2.75) is 51.5 Å². The number of alkyl halides is 3. The molecule has 0 spiro atoms. The van der Waals surface area contributed by atoms with Gasteiger partial charge in [0.15, 0.2) is 5.78 Å². The normalized spacial score (nSPS) is 17.4. The van der Waals surface area contributed by atoms with Gasteiger partial charge in [-0.05, 0) is 90.9 Å². The van der Waals surface area contributed by atoms with Crippen LogP contribution in [-0.2, 0) is 32.2 Å². The lowest BCUT2D eigenvalue weighted by molar-refractivity contribution is -0.137. The van der Waals surface area contributed by atoms with E-state index in [-0.39, 0.29) is 11.6 Å². The number of hydrogen-bond acceptors (Lipinski definition) is 3. The van der Waals surface area contributed by atoms with Crippen LogP contribution >= 0.6 is 0 Å². The quantitative estimate of drug-likeness (QED) is 0.249. The third kappa shape index (κ3) is 6.69. The second-order valence-electron chi connectivity index (χ2n) is 10.6. The molecule has 0 aromatic heterocycles. The molecular formula is C31H32F4N2O. The Morgan fingerprint density at radius 2 is 1.42 bits per heavy atom. The Kier molecular flexibility index (Phi) is 7.96. The van der Waals surface area contributed by atoms with Crippen LogP contribution in [0.5, 0.6) is 0 Å². The summed E-state index contributed by atoms with van der Waals surface area (Å²) >= 11 is 0. The molecule has 0 bridgehead atoms. The molecule has 0 unspecified atom stereocenters. The van der Waals surface area contributed by atoms with Crippen molar-refractivity contribution in [3.8, 4) is 0 Å². The number of benzene rings is 3. The van der Waals surface area contributed by atoms with E-state index in [1.54, 1.807) is 12.1 Å². The van der Waals surface area contributed by atoms with Crippen LogP contribution in [0.3, 0.4) is 0 Å². The smallest absolute Gasteiger partial charge is 0.299 e. The number of rotatable bonds is 7. The van der Waals surface area contributed by atoms with E-state index in [2.05, 4.69) is 15.9 Å². The minimum absolute atomic E-state index is 0.171. The molecule has 3 aromatic rings. The molecule has 0 atom stereocenters. The van der Waals surface area contributed by atoms with Crippen LogP contribution in [0.15, 0.2) is 66.7 Å². The highest BCUT2D eigenvalue weighted by Crippen LogP contribution is 2.30. The van der Waals surface area contributed by atoms with Crippen LogP contribution in [0.4, 0.5) is 17.6 Å². The van der Waals surface area contributed by atoms with Crippen molar-refractivity contribution >= 4 is 5.78 Å². The van der Waals surface area contributed by atoms with Crippen molar-refractivity contribution in [1.82, 2.24) is 9.80 Å². The van der Waals surface area contributed by atoms with E-state index in [1.807, 2.05) is 24.3 Å². The predicted molar refractivity (Wildman–Crippen MR) is 139 cm³/mol. The maximum atomic E-state index is 13.2. The van der Waals surface area contributed by atoms with Crippen LogP contribution in [0, 0.1) is 11.7 Å². The van der Waals surface area contributed by atoms with E-state index < -0.39 is 11.7 Å². The summed E-state index contributed by atoms with van der Waals surface area (Å²) in [6.07, 6.45) is -1.05. The first kappa shape index (κ1) is 26.6. The summed E-state index contributed by atoms with van der Waals surface area (Å²) in [4.78, 5) is 17.7. The van der Waals surface area contributed by atoms with Crippen molar-refractivity contribution < 1.29 is 22.4 Å². The van der Waals surface area contributed by atoms with E-state index in [9.17, 15) is 22.4 Å². The molecule has 0 aliphatic carbocycles. The molecule has 38 heavy (non-hydrogen) atoms. The highest BCUT2D eigenvalue weighted by molar-refractivity contribution is 5.96. The number of ketones is 1. The van der Waals surface area contributed by atoms with Gasteiger partial charge in [0.05, 0.1) is 5.56 Å². The molecule has 0 N–H and O–H groups in total. The van der Waals surface area contributed by atoms with E-state index >= 15 is 0 Å². The zero-order chi connectivity index (χ0) is 26.7. The van der Waals surface area contributed by atoms with Crippen molar-refractivity contribution in [1.29, 1.82) is 0 Å². The lowest BCUT2D eigenvalue weighted by atomic mass is 9.88. The molecule has 2 aliphatic heterocycles. The highest BCUT2D eigenvalue weighted by atomic mass is 19.4. The summed E-state index contributed by atoms with van der Waals surface area (Å²) in [5.74, 6) is 0.257. The maximum absolute atomic E-state index is 13.2. The second kappa shape index (κ2) is 11.4. The van der Waals surface area contributed by atoms with Crippen LogP contribution in [0.1, 0.15) is 57.4 Å². The summed E-state index contributed by atoms with van der Waals surface area (Å²) < 4.78 is 51.6. The third-order valence-corrected chi connectivity index (χ3v) is 7.81. The number of carbonyl (C=O) groups is 1. The van der Waals surface area contributed by atoms with E-state index in [1.165, 1.54) is 23.3 Å². The summed E-state index contributed by atoms with van der Waals surface area (Å²) in [6.45, 7) is 4.75. The molecule has 1 saturated heterocycles. The van der Waals surface area contributed by atoms with Gasteiger partial charge in [-0.2, -0.15) is 13.2 Å². The lowest BCUT2D eigenvalue weighted by Crippen LogP contribution is -2.34. The monoisotopic (exact) mass is 524 g/mol. The highest BCUT2D eigenvalue weighted by Gasteiger charge is 2.30. The number of carbonyl (C=O) groups excluding carboxylic acids is 1. The van der Waals surface area contributed by atoms with Crippen LogP contribution < -0.4 is 0 Å². The fraction of sp³-hybridized carbons (Fsp3) is 0.387. The van der Waals surface area contributed by atoms with Gasteiger partial charge in [-0.15, -0.1) is 0 Å². The first-order valence-electron chi connectivity index (χ1n) is 13.2. The first-order valence-corrected chi connectivity index (χ1v) is 13.2. The minimum Gasteiger partial charge on any atom is -0.299 e. The Hall–Kier alpha value is -3.03. The minimum atomic E-state index is -4.31. The Morgan fingerprint density at radius 1 is 0.789 bits per heavy atom. The maximum Gasteiger partial charge on any atom is 0.416 e. The largest absolute Gasteiger partial charge is 0.416 e. The van der Waals surface area contributed by atoms with Crippen molar-refractivity contribution in [3.05, 3.63) is 106 Å². The van der Waals surface area contributed by atoms with E-state index in [0.29, 0.717) is 18.9 Å². The average molecular weight is 525 g/mol. The summed E-state index contributed by atoms with van der Waals surface area (Å²) in [6, 6.07) is 18.1. The molecule has 3 aromatic carbocycles. The predicted octanol–water partition coefficient (Wildman–Crippen LogP) is 6.89. The molecule has 200 valence electrons. The number of Topliss-reactive ketones (excluding diaryl/α,β-unsaturated/α-hetero) is 1. The van der Waals surface area contributed by atoms with Gasteiger partial charge < -0.3 is 0 Å². The standard InChI is InChI=1S/C31H32F4N2O/c32-29-9-3-24(4-10-29)20-37-16-13-25-5-6-26(18-27(25)21-37)30(38)17-22-11-14-36(15-12-22)19-23-1-7-28(8-2-23)31(33,34)35/h1-10,18,22H,11-17,19-21H2. The molecule has 5 rings (SSSR count). The Bertz CT molecular complexity index is 1250.